The number of sulfonamides is 1. The number of halogens is 1. The second-order valence-corrected chi connectivity index (χ2v) is 7.48. The van der Waals surface area contributed by atoms with E-state index in [1.807, 2.05) is 0 Å². The molecular formula is C14H17ClN2O6S. The number of morpholine rings is 1. The Morgan fingerprint density at radius 1 is 1.46 bits per heavy atom. The fourth-order valence-corrected chi connectivity index (χ4v) is 3.30. The lowest BCUT2D eigenvalue weighted by Gasteiger charge is -2.32. The van der Waals surface area contributed by atoms with E-state index in [1.54, 1.807) is 0 Å². The van der Waals surface area contributed by atoms with Gasteiger partial charge < -0.3 is 14.7 Å². The molecule has 10 heteroatoms. The Bertz CT molecular complexity index is 752. The van der Waals surface area contributed by atoms with Gasteiger partial charge in [-0.2, -0.15) is 0 Å². The van der Waals surface area contributed by atoms with Gasteiger partial charge in [-0.1, -0.05) is 11.6 Å². The highest BCUT2D eigenvalue weighted by Crippen LogP contribution is 2.23. The summed E-state index contributed by atoms with van der Waals surface area (Å²) in [6.45, 7) is 0.578. The van der Waals surface area contributed by atoms with Crippen LogP contribution in [0.4, 0.5) is 0 Å². The molecule has 2 rings (SSSR count). The monoisotopic (exact) mass is 376 g/mol. The smallest absolute Gasteiger partial charge is 0.306 e. The van der Waals surface area contributed by atoms with E-state index in [1.165, 1.54) is 30.1 Å². The van der Waals surface area contributed by atoms with Crippen LogP contribution in [0.5, 0.6) is 0 Å². The number of carbonyl (C=O) groups excluding carboxylic acids is 1. The standard InChI is InChI=1S/C14H17ClN2O6S/c1-16-24(21,22)10-2-3-12(15)11(7-10)14(20)17-4-5-23-9(8-17)6-13(18)19/h2-3,7,9,16H,4-6,8H2,1H3,(H,18,19)/t9-/m0/s1. The van der Waals surface area contributed by atoms with Crippen molar-refractivity contribution in [1.29, 1.82) is 0 Å². The lowest BCUT2D eigenvalue weighted by molar-refractivity contribution is -0.141. The number of aliphatic carboxylic acids is 1. The maximum atomic E-state index is 12.6. The van der Waals surface area contributed by atoms with Crippen LogP contribution in [-0.2, 0) is 19.6 Å². The van der Waals surface area contributed by atoms with Crippen LogP contribution >= 0.6 is 11.6 Å². The molecule has 1 saturated heterocycles. The highest BCUT2D eigenvalue weighted by atomic mass is 35.5. The molecular weight excluding hydrogens is 360 g/mol. The molecule has 1 aromatic rings. The minimum Gasteiger partial charge on any atom is -0.481 e. The molecule has 1 aliphatic rings. The first-order valence-electron chi connectivity index (χ1n) is 7.10. The van der Waals surface area contributed by atoms with Gasteiger partial charge in [0.2, 0.25) is 10.0 Å². The van der Waals surface area contributed by atoms with Crippen molar-refractivity contribution in [2.24, 2.45) is 0 Å². The Balaban J connectivity index is 2.26. The van der Waals surface area contributed by atoms with Crippen molar-refractivity contribution < 1.29 is 27.9 Å². The predicted molar refractivity (Wildman–Crippen MR) is 85.6 cm³/mol. The van der Waals surface area contributed by atoms with Crippen LogP contribution in [0.1, 0.15) is 16.8 Å². The van der Waals surface area contributed by atoms with Gasteiger partial charge in [0.1, 0.15) is 0 Å². The lowest BCUT2D eigenvalue weighted by Crippen LogP contribution is -2.46. The molecule has 0 bridgehead atoms. The molecule has 132 valence electrons. The molecule has 0 aromatic heterocycles. The van der Waals surface area contributed by atoms with E-state index in [0.717, 1.165) is 0 Å². The highest BCUT2D eigenvalue weighted by molar-refractivity contribution is 7.89. The minimum absolute atomic E-state index is 0.0453. The largest absolute Gasteiger partial charge is 0.481 e. The number of hydrogen-bond acceptors (Lipinski definition) is 5. The van der Waals surface area contributed by atoms with Gasteiger partial charge in [-0.15, -0.1) is 0 Å². The van der Waals surface area contributed by atoms with Gasteiger partial charge in [-0.25, -0.2) is 13.1 Å². The van der Waals surface area contributed by atoms with Crippen LogP contribution < -0.4 is 4.72 Å². The van der Waals surface area contributed by atoms with Gasteiger partial charge in [0.25, 0.3) is 5.91 Å². The predicted octanol–water partition coefficient (Wildman–Crippen LogP) is 0.564. The average molecular weight is 377 g/mol. The summed E-state index contributed by atoms with van der Waals surface area (Å²) in [5, 5.41) is 8.95. The Hall–Kier alpha value is -1.68. The Kier molecular flexibility index (Phi) is 5.81. The van der Waals surface area contributed by atoms with Crippen molar-refractivity contribution in [1.82, 2.24) is 9.62 Å². The van der Waals surface area contributed by atoms with Gasteiger partial charge in [-0.3, -0.25) is 9.59 Å². The first-order valence-corrected chi connectivity index (χ1v) is 8.96. The quantitative estimate of drug-likeness (QED) is 0.776. The highest BCUT2D eigenvalue weighted by Gasteiger charge is 2.28. The third-order valence-corrected chi connectivity index (χ3v) is 5.32. The topological polar surface area (TPSA) is 113 Å². The SMILES string of the molecule is CNS(=O)(=O)c1ccc(Cl)c(C(=O)N2CCO[C@@H](CC(=O)O)C2)c1. The summed E-state index contributed by atoms with van der Waals surface area (Å²) in [6, 6.07) is 3.85. The Morgan fingerprint density at radius 2 is 2.17 bits per heavy atom. The van der Waals surface area contributed by atoms with Gasteiger partial charge in [0.05, 0.1) is 34.6 Å². The molecule has 1 atom stereocenters. The second kappa shape index (κ2) is 7.47. The molecule has 1 heterocycles. The lowest BCUT2D eigenvalue weighted by atomic mass is 10.1. The summed E-state index contributed by atoms with van der Waals surface area (Å²) in [5.74, 6) is -1.48. The summed E-state index contributed by atoms with van der Waals surface area (Å²) in [5.41, 5.74) is 0.0453. The van der Waals surface area contributed by atoms with Crippen LogP contribution in [0, 0.1) is 0 Å². The molecule has 24 heavy (non-hydrogen) atoms. The summed E-state index contributed by atoms with van der Waals surface area (Å²) >= 11 is 6.04. The summed E-state index contributed by atoms with van der Waals surface area (Å²) in [4.78, 5) is 24.8. The Morgan fingerprint density at radius 3 is 2.79 bits per heavy atom. The summed E-state index contributed by atoms with van der Waals surface area (Å²) in [6.07, 6.45) is -0.825. The first-order chi connectivity index (χ1) is 11.2. The average Bonchev–Trinajstić information content (AvgIpc) is 2.54. The fourth-order valence-electron chi connectivity index (χ4n) is 2.35. The number of carboxylic acid groups (broad SMARTS) is 1. The number of rotatable bonds is 5. The van der Waals surface area contributed by atoms with E-state index in [-0.39, 0.29) is 41.6 Å². The molecule has 1 aliphatic heterocycles. The van der Waals surface area contributed by atoms with Crippen LogP contribution in [0.3, 0.4) is 0 Å². The van der Waals surface area contributed by atoms with Gasteiger partial charge >= 0.3 is 5.97 Å². The maximum absolute atomic E-state index is 12.6. The summed E-state index contributed by atoms with van der Waals surface area (Å²) in [7, 11) is -2.44. The molecule has 0 radical (unpaired) electrons. The van der Waals surface area contributed by atoms with Crippen molar-refractivity contribution in [2.75, 3.05) is 26.7 Å². The fraction of sp³-hybridized carbons (Fsp3) is 0.429. The molecule has 0 spiro atoms. The van der Waals surface area contributed by atoms with Crippen LogP contribution in [0.15, 0.2) is 23.1 Å². The molecule has 0 unspecified atom stereocenters. The van der Waals surface area contributed by atoms with Gasteiger partial charge in [0.15, 0.2) is 0 Å². The van der Waals surface area contributed by atoms with Crippen LogP contribution in [0.2, 0.25) is 5.02 Å². The van der Waals surface area contributed by atoms with Crippen molar-refractivity contribution in [3.8, 4) is 0 Å². The van der Waals surface area contributed by atoms with E-state index >= 15 is 0 Å². The third-order valence-electron chi connectivity index (χ3n) is 3.58. The molecule has 1 aromatic carbocycles. The first kappa shape index (κ1) is 18.7. The zero-order valence-corrected chi connectivity index (χ0v) is 14.4. The number of carbonyl (C=O) groups is 2. The molecule has 8 nitrogen and oxygen atoms in total. The van der Waals surface area contributed by atoms with Crippen molar-refractivity contribution in [2.45, 2.75) is 17.4 Å². The van der Waals surface area contributed by atoms with E-state index in [9.17, 15) is 18.0 Å². The number of carboxylic acids is 1. The molecule has 0 aliphatic carbocycles. The third kappa shape index (κ3) is 4.23. The molecule has 2 N–H and O–H groups in total. The second-order valence-electron chi connectivity index (χ2n) is 5.19. The van der Waals surface area contributed by atoms with E-state index in [4.69, 9.17) is 21.4 Å². The number of ether oxygens (including phenoxy) is 1. The molecule has 1 amide bonds. The molecule has 0 saturated carbocycles. The normalized spacial score (nSPS) is 18.4. The zero-order valence-electron chi connectivity index (χ0n) is 12.9. The number of amides is 1. The van der Waals surface area contributed by atoms with Crippen molar-refractivity contribution >= 4 is 33.5 Å². The van der Waals surface area contributed by atoms with Crippen LogP contribution in [-0.4, -0.2) is 63.1 Å². The Labute approximate surface area is 144 Å². The van der Waals surface area contributed by atoms with Crippen molar-refractivity contribution in [3.05, 3.63) is 28.8 Å². The van der Waals surface area contributed by atoms with Gasteiger partial charge in [0, 0.05) is 13.1 Å². The zero-order chi connectivity index (χ0) is 17.9. The minimum atomic E-state index is -3.71. The maximum Gasteiger partial charge on any atom is 0.306 e. The number of benzene rings is 1. The number of nitrogens with one attached hydrogen (secondary N) is 1. The summed E-state index contributed by atoms with van der Waals surface area (Å²) < 4.78 is 31.2. The van der Waals surface area contributed by atoms with E-state index < -0.39 is 28.0 Å². The van der Waals surface area contributed by atoms with Crippen LogP contribution in [0.25, 0.3) is 0 Å². The molecule has 1 fully saturated rings. The van der Waals surface area contributed by atoms with Crippen molar-refractivity contribution in [3.63, 3.8) is 0 Å². The number of hydrogen-bond donors (Lipinski definition) is 2. The van der Waals surface area contributed by atoms with Gasteiger partial charge in [-0.05, 0) is 25.2 Å². The van der Waals surface area contributed by atoms with E-state index in [2.05, 4.69) is 4.72 Å². The van der Waals surface area contributed by atoms with E-state index in [0.29, 0.717) is 0 Å². The number of nitrogens with zero attached hydrogens (tertiary/aromatic N) is 1.